The standard InChI is InChI=1S/C25H22N4O4S/c1-14-22(24(31)29(28-14)17-10-9-15-5-2-3-6-16(15)13-17)27-26-19-8-4-7-18(23(19)30)20-11-12-21(34-20)25(32)33/h4,7-13,26,30H,2-3,5-6H2,1H3,(H,32,33)/b27-22-. The van der Waals surface area contributed by atoms with Crippen molar-refractivity contribution in [2.24, 2.45) is 10.2 Å². The number of thiophene rings is 1. The number of carbonyl (C=O) groups is 2. The Hall–Kier alpha value is -3.98. The highest BCUT2D eigenvalue weighted by atomic mass is 32.1. The van der Waals surface area contributed by atoms with Gasteiger partial charge in [-0.15, -0.1) is 11.3 Å². The number of carboxylic acids is 1. The first kappa shape index (κ1) is 21.8. The third-order valence-electron chi connectivity index (χ3n) is 5.97. The number of phenolic OH excluding ortho intramolecular Hbond substituents is 1. The molecule has 0 atom stereocenters. The first-order chi connectivity index (χ1) is 16.4. The molecule has 2 heterocycles. The van der Waals surface area contributed by atoms with E-state index in [2.05, 4.69) is 21.7 Å². The van der Waals surface area contributed by atoms with E-state index in [1.807, 2.05) is 12.1 Å². The molecule has 5 rings (SSSR count). The van der Waals surface area contributed by atoms with Gasteiger partial charge in [0.25, 0.3) is 0 Å². The zero-order valence-corrected chi connectivity index (χ0v) is 19.2. The summed E-state index contributed by atoms with van der Waals surface area (Å²) in [5, 5.41) is 29.9. The van der Waals surface area contributed by atoms with Gasteiger partial charge in [0.05, 0.1) is 17.1 Å². The zero-order valence-electron chi connectivity index (χ0n) is 18.4. The van der Waals surface area contributed by atoms with Gasteiger partial charge in [0.15, 0.2) is 5.71 Å². The molecule has 172 valence electrons. The SMILES string of the molecule is CC1=NN(c2ccc3c(c2)CCCC3)C(=O)/C1=N\Nc1cccc(-c2ccc(C(=O)O)s2)c1O. The van der Waals surface area contributed by atoms with Crippen LogP contribution < -0.4 is 10.4 Å². The number of rotatable bonds is 5. The van der Waals surface area contributed by atoms with Crippen molar-refractivity contribution in [2.45, 2.75) is 32.6 Å². The van der Waals surface area contributed by atoms with Crippen LogP contribution in [0.1, 0.15) is 40.6 Å². The topological polar surface area (TPSA) is 115 Å². The number of hydrogen-bond donors (Lipinski definition) is 3. The van der Waals surface area contributed by atoms with E-state index in [1.54, 1.807) is 31.2 Å². The number of hydrazone groups is 2. The predicted molar refractivity (Wildman–Crippen MR) is 133 cm³/mol. The quantitative estimate of drug-likeness (QED) is 0.360. The van der Waals surface area contributed by atoms with Crippen LogP contribution in [0.25, 0.3) is 10.4 Å². The first-order valence-electron chi connectivity index (χ1n) is 10.9. The summed E-state index contributed by atoms with van der Waals surface area (Å²) in [6.45, 7) is 1.71. The number of hydrogen-bond acceptors (Lipinski definition) is 7. The van der Waals surface area contributed by atoms with Crippen LogP contribution in [-0.4, -0.2) is 33.5 Å². The molecule has 0 unspecified atom stereocenters. The van der Waals surface area contributed by atoms with Gasteiger partial charge in [-0.3, -0.25) is 10.2 Å². The number of anilines is 2. The van der Waals surface area contributed by atoms with E-state index in [1.165, 1.54) is 28.6 Å². The summed E-state index contributed by atoms with van der Waals surface area (Å²) in [5.41, 5.74) is 7.47. The average molecular weight is 475 g/mol. The molecule has 34 heavy (non-hydrogen) atoms. The van der Waals surface area contributed by atoms with Gasteiger partial charge in [-0.05, 0) is 80.1 Å². The monoisotopic (exact) mass is 474 g/mol. The van der Waals surface area contributed by atoms with E-state index in [4.69, 9.17) is 5.11 Å². The fraction of sp³-hybridized carbons (Fsp3) is 0.200. The number of para-hydroxylation sites is 1. The van der Waals surface area contributed by atoms with Gasteiger partial charge in [-0.1, -0.05) is 12.1 Å². The Morgan fingerprint density at radius 1 is 1.12 bits per heavy atom. The van der Waals surface area contributed by atoms with Gasteiger partial charge < -0.3 is 10.2 Å². The normalized spacial score (nSPS) is 16.5. The van der Waals surface area contributed by atoms with E-state index in [-0.39, 0.29) is 22.2 Å². The second kappa shape index (κ2) is 8.75. The molecule has 9 heteroatoms. The van der Waals surface area contributed by atoms with Crippen molar-refractivity contribution >= 4 is 46.0 Å². The minimum atomic E-state index is -1.02. The Morgan fingerprint density at radius 2 is 1.91 bits per heavy atom. The van der Waals surface area contributed by atoms with Gasteiger partial charge in [-0.25, -0.2) is 4.79 Å². The van der Waals surface area contributed by atoms with Crippen molar-refractivity contribution in [3.8, 4) is 16.2 Å². The maximum absolute atomic E-state index is 13.1. The predicted octanol–water partition coefficient (Wildman–Crippen LogP) is 4.89. The lowest BCUT2D eigenvalue weighted by Gasteiger charge is -2.19. The number of fused-ring (bicyclic) bond motifs is 1. The molecule has 0 saturated carbocycles. The molecule has 1 aromatic heterocycles. The number of benzene rings is 2. The maximum atomic E-state index is 13.1. The van der Waals surface area contributed by atoms with Gasteiger partial charge in [0, 0.05) is 10.4 Å². The summed E-state index contributed by atoms with van der Waals surface area (Å²) in [6.07, 6.45) is 4.41. The molecule has 3 N–H and O–H groups in total. The largest absolute Gasteiger partial charge is 0.505 e. The third kappa shape index (κ3) is 3.94. The number of nitrogens with zero attached hydrogens (tertiary/aromatic N) is 3. The maximum Gasteiger partial charge on any atom is 0.345 e. The lowest BCUT2D eigenvalue weighted by Crippen LogP contribution is -2.28. The van der Waals surface area contributed by atoms with E-state index in [0.717, 1.165) is 30.6 Å². The highest BCUT2D eigenvalue weighted by molar-refractivity contribution is 7.17. The number of carbonyl (C=O) groups excluding carboxylic acids is 1. The summed E-state index contributed by atoms with van der Waals surface area (Å²) in [4.78, 5) is 25.0. The van der Waals surface area contributed by atoms with Gasteiger partial charge in [0.2, 0.25) is 0 Å². The molecule has 0 fully saturated rings. The number of aromatic hydroxyl groups is 1. The van der Waals surface area contributed by atoms with Crippen molar-refractivity contribution in [3.63, 3.8) is 0 Å². The molecule has 1 amide bonds. The summed E-state index contributed by atoms with van der Waals surface area (Å²) in [6, 6.07) is 14.2. The lowest BCUT2D eigenvalue weighted by molar-refractivity contribution is -0.112. The number of aryl methyl sites for hydroxylation is 2. The molecule has 8 nitrogen and oxygen atoms in total. The smallest absolute Gasteiger partial charge is 0.345 e. The molecular weight excluding hydrogens is 452 g/mol. The fourth-order valence-electron chi connectivity index (χ4n) is 4.20. The lowest BCUT2D eigenvalue weighted by atomic mass is 9.91. The molecule has 1 aliphatic carbocycles. The van der Waals surface area contributed by atoms with Crippen LogP contribution in [0.4, 0.5) is 11.4 Å². The van der Waals surface area contributed by atoms with Gasteiger partial charge >= 0.3 is 11.9 Å². The molecule has 0 radical (unpaired) electrons. The molecule has 0 saturated heterocycles. The first-order valence-corrected chi connectivity index (χ1v) is 11.7. The van der Waals surface area contributed by atoms with Crippen LogP contribution in [0.15, 0.2) is 58.7 Å². The Labute approximate surface area is 199 Å². The zero-order chi connectivity index (χ0) is 23.8. The van der Waals surface area contributed by atoms with E-state index in [0.29, 0.717) is 27.5 Å². The number of aromatic carboxylic acids is 1. The third-order valence-corrected chi connectivity index (χ3v) is 7.08. The Morgan fingerprint density at radius 3 is 2.68 bits per heavy atom. The molecule has 2 aromatic carbocycles. The molecule has 1 aliphatic heterocycles. The van der Waals surface area contributed by atoms with Crippen LogP contribution in [0.5, 0.6) is 5.75 Å². The second-order valence-electron chi connectivity index (χ2n) is 8.21. The van der Waals surface area contributed by atoms with Crippen molar-refractivity contribution in [1.29, 1.82) is 0 Å². The summed E-state index contributed by atoms with van der Waals surface area (Å²) >= 11 is 1.07. The number of carboxylic acid groups (broad SMARTS) is 1. The summed E-state index contributed by atoms with van der Waals surface area (Å²) in [5.74, 6) is -1.45. The molecule has 0 spiro atoms. The Kier molecular flexibility index (Phi) is 5.62. The number of phenols is 1. The van der Waals surface area contributed by atoms with E-state index in [9.17, 15) is 14.7 Å². The van der Waals surface area contributed by atoms with E-state index < -0.39 is 5.97 Å². The fourth-order valence-corrected chi connectivity index (χ4v) is 5.07. The van der Waals surface area contributed by atoms with Crippen molar-refractivity contribution < 1.29 is 19.8 Å². The number of amides is 1. The minimum absolute atomic E-state index is 0.0859. The summed E-state index contributed by atoms with van der Waals surface area (Å²) in [7, 11) is 0. The van der Waals surface area contributed by atoms with Crippen molar-refractivity contribution in [2.75, 3.05) is 10.4 Å². The van der Waals surface area contributed by atoms with Crippen LogP contribution in [0, 0.1) is 0 Å². The van der Waals surface area contributed by atoms with Gasteiger partial charge in [0.1, 0.15) is 10.6 Å². The van der Waals surface area contributed by atoms with E-state index >= 15 is 0 Å². The molecule has 0 bridgehead atoms. The number of nitrogens with one attached hydrogen (secondary N) is 1. The van der Waals surface area contributed by atoms with Crippen molar-refractivity contribution in [1.82, 2.24) is 0 Å². The van der Waals surface area contributed by atoms with Crippen LogP contribution in [0.2, 0.25) is 0 Å². The second-order valence-corrected chi connectivity index (χ2v) is 9.29. The van der Waals surface area contributed by atoms with Gasteiger partial charge in [-0.2, -0.15) is 15.2 Å². The Balaban J connectivity index is 1.38. The highest BCUT2D eigenvalue weighted by Crippen LogP contribution is 2.39. The van der Waals surface area contributed by atoms with Crippen LogP contribution in [0.3, 0.4) is 0 Å². The minimum Gasteiger partial charge on any atom is -0.505 e. The molecule has 3 aromatic rings. The molecule has 2 aliphatic rings. The van der Waals surface area contributed by atoms with Crippen molar-refractivity contribution in [3.05, 3.63) is 64.5 Å². The van der Waals surface area contributed by atoms with Crippen LogP contribution in [-0.2, 0) is 17.6 Å². The molecular formula is C25H22N4O4S. The highest BCUT2D eigenvalue weighted by Gasteiger charge is 2.31. The Bertz CT molecular complexity index is 1370. The van der Waals surface area contributed by atoms with Crippen LogP contribution >= 0.6 is 11.3 Å². The summed E-state index contributed by atoms with van der Waals surface area (Å²) < 4.78 is 0. The average Bonchev–Trinajstić information content (AvgIpc) is 3.43.